The average Bonchev–Trinajstić information content (AvgIpc) is 2.97. The molecule has 1 aliphatic rings. The van der Waals surface area contributed by atoms with Crippen LogP contribution in [0.15, 0.2) is 12.1 Å². The molecule has 0 radical (unpaired) electrons. The molecule has 1 aromatic heterocycles. The lowest BCUT2D eigenvalue weighted by molar-refractivity contribution is 0.0696. The summed E-state index contributed by atoms with van der Waals surface area (Å²) >= 11 is 0. The van der Waals surface area contributed by atoms with Gasteiger partial charge in [0.2, 0.25) is 0 Å². The van der Waals surface area contributed by atoms with Crippen LogP contribution in [0.4, 0.5) is 5.82 Å². The topological polar surface area (TPSA) is 62.7 Å². The van der Waals surface area contributed by atoms with Crippen molar-refractivity contribution in [3.8, 4) is 0 Å². The summed E-state index contributed by atoms with van der Waals surface area (Å²) in [4.78, 5) is 18.1. The van der Waals surface area contributed by atoms with Crippen molar-refractivity contribution in [2.24, 2.45) is 0 Å². The number of carboxylic acid groups (broad SMARTS) is 1. The molecule has 1 saturated heterocycles. The standard InChI is InChI=1S/C16H24N2O3/c1-4-18(10-13-6-5-7-21-13)15-9-12(16(19)20)8-14(17-15)11(2)3/h8-9,11,13H,4-7,10H2,1-3H3,(H,19,20). The maximum Gasteiger partial charge on any atom is 0.335 e. The van der Waals surface area contributed by atoms with E-state index < -0.39 is 5.97 Å². The van der Waals surface area contributed by atoms with E-state index in [1.165, 1.54) is 0 Å². The van der Waals surface area contributed by atoms with E-state index in [9.17, 15) is 9.90 Å². The molecule has 0 bridgehead atoms. The molecule has 5 nitrogen and oxygen atoms in total. The van der Waals surface area contributed by atoms with Gasteiger partial charge in [0.1, 0.15) is 5.82 Å². The van der Waals surface area contributed by atoms with Gasteiger partial charge < -0.3 is 14.7 Å². The van der Waals surface area contributed by atoms with Gasteiger partial charge in [-0.15, -0.1) is 0 Å². The van der Waals surface area contributed by atoms with Gasteiger partial charge in [0.25, 0.3) is 0 Å². The number of carbonyl (C=O) groups is 1. The lowest BCUT2D eigenvalue weighted by atomic mass is 10.1. The van der Waals surface area contributed by atoms with E-state index in [1.807, 2.05) is 13.8 Å². The third-order valence-corrected chi connectivity index (χ3v) is 3.82. The number of nitrogens with zero attached hydrogens (tertiary/aromatic N) is 2. The Morgan fingerprint density at radius 2 is 2.29 bits per heavy atom. The molecular weight excluding hydrogens is 268 g/mol. The van der Waals surface area contributed by atoms with Crippen molar-refractivity contribution >= 4 is 11.8 Å². The number of carboxylic acids is 1. The molecule has 0 amide bonds. The summed E-state index contributed by atoms with van der Waals surface area (Å²) in [5.41, 5.74) is 1.12. The molecule has 0 aromatic carbocycles. The monoisotopic (exact) mass is 292 g/mol. The van der Waals surface area contributed by atoms with E-state index in [-0.39, 0.29) is 12.0 Å². The summed E-state index contributed by atoms with van der Waals surface area (Å²) < 4.78 is 5.68. The van der Waals surface area contributed by atoms with E-state index in [0.29, 0.717) is 5.56 Å². The van der Waals surface area contributed by atoms with Crippen LogP contribution in [0.25, 0.3) is 0 Å². The van der Waals surface area contributed by atoms with Gasteiger partial charge in [-0.3, -0.25) is 0 Å². The Balaban J connectivity index is 2.27. The molecule has 1 aliphatic heterocycles. The molecule has 2 rings (SSSR count). The molecule has 0 aliphatic carbocycles. The predicted octanol–water partition coefficient (Wildman–Crippen LogP) is 2.91. The first-order chi connectivity index (χ1) is 10.0. The van der Waals surface area contributed by atoms with E-state index in [1.54, 1.807) is 12.1 Å². The van der Waals surface area contributed by atoms with Crippen LogP contribution in [0, 0.1) is 0 Å². The third kappa shape index (κ3) is 3.94. The number of hydrogen-bond acceptors (Lipinski definition) is 4. The van der Waals surface area contributed by atoms with Crippen molar-refractivity contribution in [1.82, 2.24) is 4.98 Å². The van der Waals surface area contributed by atoms with Crippen LogP contribution in [-0.4, -0.2) is 41.9 Å². The van der Waals surface area contributed by atoms with Gasteiger partial charge in [0.05, 0.1) is 11.7 Å². The molecule has 21 heavy (non-hydrogen) atoms. The molecule has 1 unspecified atom stereocenters. The molecule has 1 fully saturated rings. The fourth-order valence-corrected chi connectivity index (χ4v) is 2.54. The van der Waals surface area contributed by atoms with Gasteiger partial charge in [-0.1, -0.05) is 13.8 Å². The van der Waals surface area contributed by atoms with Crippen molar-refractivity contribution in [2.45, 2.75) is 45.6 Å². The fraction of sp³-hybridized carbons (Fsp3) is 0.625. The van der Waals surface area contributed by atoms with Crippen LogP contribution in [0.3, 0.4) is 0 Å². The number of aromatic nitrogens is 1. The summed E-state index contributed by atoms with van der Waals surface area (Å²) in [5, 5.41) is 9.28. The zero-order valence-corrected chi connectivity index (χ0v) is 13.0. The van der Waals surface area contributed by atoms with Crippen LogP contribution in [0.2, 0.25) is 0 Å². The fourth-order valence-electron chi connectivity index (χ4n) is 2.54. The number of ether oxygens (including phenoxy) is 1. The number of rotatable bonds is 6. The smallest absolute Gasteiger partial charge is 0.335 e. The van der Waals surface area contributed by atoms with Gasteiger partial charge in [-0.2, -0.15) is 0 Å². The number of hydrogen-bond donors (Lipinski definition) is 1. The molecule has 1 N–H and O–H groups in total. The van der Waals surface area contributed by atoms with Crippen molar-refractivity contribution in [3.63, 3.8) is 0 Å². The van der Waals surface area contributed by atoms with Crippen LogP contribution in [0.5, 0.6) is 0 Å². The number of pyridine rings is 1. The SMILES string of the molecule is CCN(CC1CCCO1)c1cc(C(=O)O)cc(C(C)C)n1. The predicted molar refractivity (Wildman–Crippen MR) is 82.1 cm³/mol. The highest BCUT2D eigenvalue weighted by Gasteiger charge is 2.21. The van der Waals surface area contributed by atoms with Crippen molar-refractivity contribution in [2.75, 3.05) is 24.6 Å². The van der Waals surface area contributed by atoms with Crippen LogP contribution >= 0.6 is 0 Å². The van der Waals surface area contributed by atoms with Crippen molar-refractivity contribution in [3.05, 3.63) is 23.4 Å². The maximum absolute atomic E-state index is 11.3. The average molecular weight is 292 g/mol. The minimum Gasteiger partial charge on any atom is -0.478 e. The highest BCUT2D eigenvalue weighted by Crippen LogP contribution is 2.22. The molecule has 0 spiro atoms. The Labute approximate surface area is 125 Å². The second-order valence-electron chi connectivity index (χ2n) is 5.77. The van der Waals surface area contributed by atoms with Crippen LogP contribution in [0.1, 0.15) is 55.6 Å². The summed E-state index contributed by atoms with van der Waals surface area (Å²) in [5.74, 6) is 0.0230. The highest BCUT2D eigenvalue weighted by atomic mass is 16.5. The third-order valence-electron chi connectivity index (χ3n) is 3.82. The Kier molecular flexibility index (Phi) is 5.17. The summed E-state index contributed by atoms with van der Waals surface area (Å²) in [6.45, 7) is 8.47. The van der Waals surface area contributed by atoms with Gasteiger partial charge >= 0.3 is 5.97 Å². The molecule has 5 heteroatoms. The Hall–Kier alpha value is -1.62. The van der Waals surface area contributed by atoms with Gasteiger partial charge in [-0.25, -0.2) is 9.78 Å². The quantitative estimate of drug-likeness (QED) is 0.873. The summed E-state index contributed by atoms with van der Waals surface area (Å²) in [6.07, 6.45) is 2.39. The Morgan fingerprint density at radius 3 is 2.81 bits per heavy atom. The van der Waals surface area contributed by atoms with Gasteiger partial charge in [0, 0.05) is 25.4 Å². The Bertz CT molecular complexity index is 496. The highest BCUT2D eigenvalue weighted by molar-refractivity contribution is 5.88. The molecular formula is C16H24N2O3. The minimum absolute atomic E-state index is 0.199. The lowest BCUT2D eigenvalue weighted by Gasteiger charge is -2.26. The normalized spacial score (nSPS) is 18.2. The molecule has 1 aromatic rings. The molecule has 116 valence electrons. The molecule has 2 heterocycles. The number of likely N-dealkylation sites (N-methyl/N-ethyl adjacent to an activating group) is 1. The summed E-state index contributed by atoms with van der Waals surface area (Å²) in [7, 11) is 0. The second-order valence-corrected chi connectivity index (χ2v) is 5.77. The first kappa shape index (κ1) is 15.8. The lowest BCUT2D eigenvalue weighted by Crippen LogP contribution is -2.33. The second kappa shape index (κ2) is 6.89. The van der Waals surface area contributed by atoms with E-state index in [0.717, 1.165) is 44.0 Å². The molecule has 1 atom stereocenters. The zero-order valence-electron chi connectivity index (χ0n) is 13.0. The zero-order chi connectivity index (χ0) is 15.4. The van der Waals surface area contributed by atoms with Crippen molar-refractivity contribution < 1.29 is 14.6 Å². The van der Waals surface area contributed by atoms with Crippen LogP contribution < -0.4 is 4.90 Å². The van der Waals surface area contributed by atoms with E-state index in [2.05, 4.69) is 16.8 Å². The number of anilines is 1. The largest absolute Gasteiger partial charge is 0.478 e. The van der Waals surface area contributed by atoms with E-state index in [4.69, 9.17) is 4.74 Å². The van der Waals surface area contributed by atoms with Crippen LogP contribution in [-0.2, 0) is 4.74 Å². The van der Waals surface area contributed by atoms with Gasteiger partial charge in [0.15, 0.2) is 0 Å². The summed E-state index contributed by atoms with van der Waals surface area (Å²) in [6, 6.07) is 3.32. The molecule has 0 saturated carbocycles. The minimum atomic E-state index is -0.909. The maximum atomic E-state index is 11.3. The van der Waals surface area contributed by atoms with Crippen molar-refractivity contribution in [1.29, 1.82) is 0 Å². The Morgan fingerprint density at radius 1 is 1.52 bits per heavy atom. The first-order valence-corrected chi connectivity index (χ1v) is 7.63. The first-order valence-electron chi connectivity index (χ1n) is 7.63. The van der Waals surface area contributed by atoms with E-state index >= 15 is 0 Å². The van der Waals surface area contributed by atoms with Gasteiger partial charge in [-0.05, 0) is 37.8 Å². The number of aromatic carboxylic acids is 1.